The molecule has 8 heteroatoms. The molecule has 1 N–H and O–H groups in total. The minimum atomic E-state index is -0.843. The Bertz CT molecular complexity index is 1060. The molecule has 0 saturated carbocycles. The van der Waals surface area contributed by atoms with Crippen LogP contribution in [0, 0.1) is 10.1 Å². The second-order valence-corrected chi connectivity index (χ2v) is 11.1. The van der Waals surface area contributed by atoms with Crippen LogP contribution in [0.5, 0.6) is 0 Å². The number of carboxylic acid groups (broad SMARTS) is 1. The Morgan fingerprint density at radius 3 is 1.85 bits per heavy atom. The predicted octanol–water partition coefficient (Wildman–Crippen LogP) is 10.3. The highest BCUT2D eigenvalue weighted by Gasteiger charge is 2.14. The number of hydrogen-bond acceptors (Lipinski definition) is 6. The summed E-state index contributed by atoms with van der Waals surface area (Å²) in [5.41, 5.74) is 2.59. The molecular formula is C33H50N4O4. The quantitative estimate of drug-likeness (QED) is 0.0623. The van der Waals surface area contributed by atoms with Crippen LogP contribution >= 0.6 is 0 Å². The zero-order valence-corrected chi connectivity index (χ0v) is 25.2. The molecule has 0 aliphatic heterocycles. The van der Waals surface area contributed by atoms with E-state index in [-0.39, 0.29) is 17.8 Å². The molecule has 0 heterocycles. The van der Waals surface area contributed by atoms with Gasteiger partial charge >= 0.3 is 5.97 Å². The van der Waals surface area contributed by atoms with Gasteiger partial charge in [-0.3, -0.25) is 14.9 Å². The van der Waals surface area contributed by atoms with Gasteiger partial charge < -0.3 is 10.0 Å². The summed E-state index contributed by atoms with van der Waals surface area (Å²) in [5.74, 6) is -0.843. The molecule has 41 heavy (non-hydrogen) atoms. The second kappa shape index (κ2) is 20.6. The Kier molecular flexibility index (Phi) is 17.0. The third-order valence-electron chi connectivity index (χ3n) is 7.53. The molecule has 226 valence electrons. The highest BCUT2D eigenvalue weighted by molar-refractivity contribution is 5.67. The molecule has 2 aromatic carbocycles. The second-order valence-electron chi connectivity index (χ2n) is 11.1. The van der Waals surface area contributed by atoms with Gasteiger partial charge in [0, 0.05) is 25.3 Å². The Hall–Kier alpha value is -3.29. The predicted molar refractivity (Wildman–Crippen MR) is 168 cm³/mol. The Morgan fingerprint density at radius 2 is 1.34 bits per heavy atom. The van der Waals surface area contributed by atoms with Gasteiger partial charge in [0.2, 0.25) is 0 Å². The standard InChI is InChI=1S/C33H50N4O4/c1-3-4-5-6-7-8-9-10-11-12-13-14-15-16-17-18-28-19-24-31(32(27-28)37(40)41)35-34-29-20-22-30(23-21-29)36(2)26-25-33(38)39/h19-24,27H,3-18,25-26H2,1-2H3,(H,38,39)/b35-34+. The number of carboxylic acids is 1. The molecular weight excluding hydrogens is 516 g/mol. The first-order valence-electron chi connectivity index (χ1n) is 15.6. The van der Waals surface area contributed by atoms with Gasteiger partial charge in [-0.25, -0.2) is 0 Å². The molecule has 0 bridgehead atoms. The molecule has 0 aliphatic carbocycles. The van der Waals surface area contributed by atoms with E-state index in [1.54, 1.807) is 24.3 Å². The largest absolute Gasteiger partial charge is 0.481 e. The maximum absolute atomic E-state index is 11.7. The number of nitro benzene ring substituents is 1. The van der Waals surface area contributed by atoms with Gasteiger partial charge in [-0.15, -0.1) is 5.11 Å². The fourth-order valence-electron chi connectivity index (χ4n) is 4.93. The molecule has 0 spiro atoms. The summed E-state index contributed by atoms with van der Waals surface area (Å²) in [5, 5.41) is 28.8. The van der Waals surface area contributed by atoms with Crippen molar-refractivity contribution in [1.29, 1.82) is 0 Å². The lowest BCUT2D eigenvalue weighted by atomic mass is 10.0. The van der Waals surface area contributed by atoms with Crippen LogP contribution in [0.25, 0.3) is 0 Å². The van der Waals surface area contributed by atoms with E-state index in [4.69, 9.17) is 5.11 Å². The van der Waals surface area contributed by atoms with Crippen LogP contribution in [0.15, 0.2) is 52.7 Å². The molecule has 0 radical (unpaired) electrons. The summed E-state index contributed by atoms with van der Waals surface area (Å²) in [6.45, 7) is 2.66. The van der Waals surface area contributed by atoms with Crippen molar-refractivity contribution in [3.63, 3.8) is 0 Å². The third-order valence-corrected chi connectivity index (χ3v) is 7.53. The summed E-state index contributed by atoms with van der Waals surface area (Å²) in [6, 6.07) is 12.4. The first-order chi connectivity index (χ1) is 19.9. The van der Waals surface area contributed by atoms with Crippen molar-refractivity contribution >= 4 is 28.7 Å². The van der Waals surface area contributed by atoms with E-state index >= 15 is 0 Å². The molecule has 0 atom stereocenters. The number of anilines is 1. The lowest BCUT2D eigenvalue weighted by molar-refractivity contribution is -0.384. The number of azo groups is 1. The monoisotopic (exact) mass is 566 g/mol. The maximum atomic E-state index is 11.7. The number of carbonyl (C=O) groups is 1. The van der Waals surface area contributed by atoms with Crippen LogP contribution in [0.2, 0.25) is 0 Å². The molecule has 0 saturated heterocycles. The van der Waals surface area contributed by atoms with Crippen molar-refractivity contribution in [3.8, 4) is 0 Å². The number of aryl methyl sites for hydroxylation is 1. The smallest absolute Gasteiger partial charge is 0.305 e. The topological polar surface area (TPSA) is 108 Å². The lowest BCUT2D eigenvalue weighted by Gasteiger charge is -2.17. The van der Waals surface area contributed by atoms with E-state index in [0.717, 1.165) is 30.5 Å². The van der Waals surface area contributed by atoms with Crippen LogP contribution < -0.4 is 4.90 Å². The van der Waals surface area contributed by atoms with Gasteiger partial charge in [0.05, 0.1) is 17.0 Å². The Balaban J connectivity index is 1.68. The van der Waals surface area contributed by atoms with Gasteiger partial charge in [0.25, 0.3) is 5.69 Å². The van der Waals surface area contributed by atoms with Crippen molar-refractivity contribution in [1.82, 2.24) is 0 Å². The zero-order chi connectivity index (χ0) is 29.7. The Labute approximate surface area is 246 Å². The molecule has 0 unspecified atom stereocenters. The van der Waals surface area contributed by atoms with E-state index in [1.165, 1.54) is 83.5 Å². The first-order valence-corrected chi connectivity index (χ1v) is 15.6. The Morgan fingerprint density at radius 1 is 0.805 bits per heavy atom. The van der Waals surface area contributed by atoms with Crippen molar-refractivity contribution in [2.75, 3.05) is 18.5 Å². The van der Waals surface area contributed by atoms with Gasteiger partial charge in [0.15, 0.2) is 5.69 Å². The number of aliphatic carboxylic acids is 1. The highest BCUT2D eigenvalue weighted by Crippen LogP contribution is 2.31. The van der Waals surface area contributed by atoms with Crippen molar-refractivity contribution < 1.29 is 14.8 Å². The number of nitro groups is 1. The van der Waals surface area contributed by atoms with Crippen LogP contribution in [0.3, 0.4) is 0 Å². The lowest BCUT2D eigenvalue weighted by Crippen LogP contribution is -2.20. The fourth-order valence-corrected chi connectivity index (χ4v) is 4.93. The summed E-state index contributed by atoms with van der Waals surface area (Å²) in [6.07, 6.45) is 20.7. The summed E-state index contributed by atoms with van der Waals surface area (Å²) < 4.78 is 0. The van der Waals surface area contributed by atoms with Crippen molar-refractivity contribution in [2.45, 2.75) is 116 Å². The fraction of sp³-hybridized carbons (Fsp3) is 0.606. The first kappa shape index (κ1) is 33.9. The van der Waals surface area contributed by atoms with Crippen LogP contribution in [0.4, 0.5) is 22.7 Å². The van der Waals surface area contributed by atoms with Gasteiger partial charge in [-0.05, 0) is 48.7 Å². The summed E-state index contributed by atoms with van der Waals surface area (Å²) >= 11 is 0. The number of rotatable bonds is 23. The minimum absolute atomic E-state index is 0.0303. The van der Waals surface area contributed by atoms with E-state index < -0.39 is 10.9 Å². The molecule has 0 aromatic heterocycles. The van der Waals surface area contributed by atoms with Crippen molar-refractivity contribution in [2.24, 2.45) is 10.2 Å². The number of hydrogen-bond donors (Lipinski definition) is 1. The van der Waals surface area contributed by atoms with Gasteiger partial charge in [0.1, 0.15) is 0 Å². The van der Waals surface area contributed by atoms with E-state index in [1.807, 2.05) is 30.1 Å². The van der Waals surface area contributed by atoms with Gasteiger partial charge in [-0.2, -0.15) is 5.11 Å². The average molecular weight is 567 g/mol. The third kappa shape index (κ3) is 14.8. The normalized spacial score (nSPS) is 11.3. The maximum Gasteiger partial charge on any atom is 0.305 e. The molecule has 8 nitrogen and oxygen atoms in total. The van der Waals surface area contributed by atoms with Gasteiger partial charge in [-0.1, -0.05) is 103 Å². The van der Waals surface area contributed by atoms with E-state index in [2.05, 4.69) is 17.2 Å². The van der Waals surface area contributed by atoms with Crippen LogP contribution in [0.1, 0.15) is 115 Å². The summed E-state index contributed by atoms with van der Waals surface area (Å²) in [7, 11) is 1.82. The van der Waals surface area contributed by atoms with E-state index in [9.17, 15) is 14.9 Å². The highest BCUT2D eigenvalue weighted by atomic mass is 16.6. The summed E-state index contributed by atoms with van der Waals surface area (Å²) in [4.78, 5) is 23.9. The van der Waals surface area contributed by atoms with Crippen LogP contribution in [-0.4, -0.2) is 29.6 Å². The molecule has 2 rings (SSSR count). The number of unbranched alkanes of at least 4 members (excludes halogenated alkanes) is 14. The van der Waals surface area contributed by atoms with E-state index in [0.29, 0.717) is 12.2 Å². The number of nitrogens with zero attached hydrogens (tertiary/aromatic N) is 4. The zero-order valence-electron chi connectivity index (χ0n) is 25.2. The molecule has 0 amide bonds. The molecule has 2 aromatic rings. The average Bonchev–Trinajstić information content (AvgIpc) is 2.97. The minimum Gasteiger partial charge on any atom is -0.481 e. The van der Waals surface area contributed by atoms with Crippen molar-refractivity contribution in [3.05, 3.63) is 58.1 Å². The molecule has 0 fully saturated rings. The van der Waals surface area contributed by atoms with Crippen LogP contribution in [-0.2, 0) is 11.2 Å². The SMILES string of the molecule is CCCCCCCCCCCCCCCCCc1ccc(/N=N/c2ccc(N(C)CCC(=O)O)cc2)c([N+](=O)[O-])c1. The molecule has 0 aliphatic rings. The number of benzene rings is 2.